The molecule has 2 aromatic rings. The molecule has 0 aliphatic heterocycles. The molecular weight excluding hydrogens is 322 g/mol. The van der Waals surface area contributed by atoms with Gasteiger partial charge in [0.25, 0.3) is 11.6 Å². The van der Waals surface area contributed by atoms with Gasteiger partial charge in [0, 0.05) is 11.6 Å². The highest BCUT2D eigenvalue weighted by atomic mass is 16.5. The van der Waals surface area contributed by atoms with E-state index >= 15 is 0 Å². The number of aliphatic carboxylic acids is 1. The van der Waals surface area contributed by atoms with E-state index in [0.717, 1.165) is 31.4 Å². The van der Waals surface area contributed by atoms with Gasteiger partial charge < -0.3 is 14.9 Å². The van der Waals surface area contributed by atoms with Crippen molar-refractivity contribution in [2.24, 2.45) is 0 Å². The third kappa shape index (κ3) is 2.99. The molecule has 2 saturated carbocycles. The molecule has 7 nitrogen and oxygen atoms in total. The number of rotatable bonds is 5. The van der Waals surface area contributed by atoms with Crippen molar-refractivity contribution >= 4 is 23.0 Å². The highest BCUT2D eigenvalue weighted by Crippen LogP contribution is 2.41. The molecule has 0 atom stereocenters. The molecule has 2 aliphatic rings. The van der Waals surface area contributed by atoms with Crippen LogP contribution in [0.3, 0.4) is 0 Å². The Morgan fingerprint density at radius 3 is 2.72 bits per heavy atom. The van der Waals surface area contributed by atoms with Crippen LogP contribution in [0.4, 0.5) is 0 Å². The van der Waals surface area contributed by atoms with E-state index in [0.29, 0.717) is 41.1 Å². The summed E-state index contributed by atoms with van der Waals surface area (Å²) in [4.78, 5) is 28.8. The quantitative estimate of drug-likeness (QED) is 0.865. The lowest BCUT2D eigenvalue weighted by Gasteiger charge is -2.28. The predicted molar refractivity (Wildman–Crippen MR) is 89.4 cm³/mol. The highest BCUT2D eigenvalue weighted by Gasteiger charge is 2.38. The van der Waals surface area contributed by atoms with E-state index in [-0.39, 0.29) is 12.3 Å². The molecule has 0 saturated heterocycles. The molecule has 2 fully saturated rings. The fourth-order valence-corrected chi connectivity index (χ4v) is 3.88. The van der Waals surface area contributed by atoms with E-state index in [1.54, 1.807) is 6.92 Å². The molecule has 132 valence electrons. The van der Waals surface area contributed by atoms with Crippen LogP contribution in [-0.2, 0) is 4.79 Å². The van der Waals surface area contributed by atoms with E-state index in [9.17, 15) is 14.7 Å². The summed E-state index contributed by atoms with van der Waals surface area (Å²) in [5.74, 6) is -0.772. The minimum Gasteiger partial charge on any atom is -0.481 e. The van der Waals surface area contributed by atoms with E-state index in [4.69, 9.17) is 4.52 Å². The van der Waals surface area contributed by atoms with Crippen LogP contribution in [0.1, 0.15) is 72.6 Å². The summed E-state index contributed by atoms with van der Waals surface area (Å²) in [6, 6.07) is 1.82. The first kappa shape index (κ1) is 16.1. The van der Waals surface area contributed by atoms with E-state index in [1.165, 1.54) is 0 Å². The van der Waals surface area contributed by atoms with E-state index in [2.05, 4.69) is 15.5 Å². The van der Waals surface area contributed by atoms with Crippen molar-refractivity contribution in [1.29, 1.82) is 0 Å². The Morgan fingerprint density at radius 1 is 1.36 bits per heavy atom. The Balaban J connectivity index is 1.71. The second-order valence-corrected chi connectivity index (χ2v) is 7.33. The lowest BCUT2D eigenvalue weighted by molar-refractivity contribution is -0.138. The van der Waals surface area contributed by atoms with Crippen LogP contribution in [0.25, 0.3) is 11.1 Å². The van der Waals surface area contributed by atoms with Gasteiger partial charge in [-0.25, -0.2) is 4.98 Å². The molecule has 2 aromatic heterocycles. The third-order valence-electron chi connectivity index (χ3n) is 5.31. The van der Waals surface area contributed by atoms with Gasteiger partial charge in [-0.05, 0) is 38.7 Å². The topological polar surface area (TPSA) is 105 Å². The van der Waals surface area contributed by atoms with Crippen LogP contribution in [0, 0.1) is 6.92 Å². The Kier molecular flexibility index (Phi) is 3.74. The van der Waals surface area contributed by atoms with Crippen molar-refractivity contribution in [3.63, 3.8) is 0 Å². The van der Waals surface area contributed by atoms with Crippen LogP contribution < -0.4 is 5.32 Å². The molecule has 2 aliphatic carbocycles. The van der Waals surface area contributed by atoms with Gasteiger partial charge in [0.2, 0.25) is 0 Å². The molecule has 0 unspecified atom stereocenters. The molecule has 0 spiro atoms. The molecule has 1 amide bonds. The van der Waals surface area contributed by atoms with Crippen LogP contribution >= 0.6 is 0 Å². The largest absolute Gasteiger partial charge is 0.481 e. The first-order valence-electron chi connectivity index (χ1n) is 8.79. The minimum atomic E-state index is -0.887. The van der Waals surface area contributed by atoms with Gasteiger partial charge >= 0.3 is 5.97 Å². The first-order valence-corrected chi connectivity index (χ1v) is 8.79. The number of nitrogens with one attached hydrogen (secondary N) is 1. The molecule has 0 aromatic carbocycles. The summed E-state index contributed by atoms with van der Waals surface area (Å²) in [7, 11) is 0. The summed E-state index contributed by atoms with van der Waals surface area (Å²) in [5, 5.41) is 16.8. The van der Waals surface area contributed by atoms with Crippen molar-refractivity contribution in [3.05, 3.63) is 23.0 Å². The lowest BCUT2D eigenvalue weighted by atomic mass is 9.92. The van der Waals surface area contributed by atoms with Crippen molar-refractivity contribution in [1.82, 2.24) is 15.5 Å². The summed E-state index contributed by atoms with van der Waals surface area (Å²) in [5.41, 5.74) is 1.68. The monoisotopic (exact) mass is 343 g/mol. The van der Waals surface area contributed by atoms with Gasteiger partial charge in [-0.1, -0.05) is 18.0 Å². The van der Waals surface area contributed by atoms with Gasteiger partial charge in [0.1, 0.15) is 0 Å². The second-order valence-electron chi connectivity index (χ2n) is 7.33. The molecule has 4 rings (SSSR count). The number of carbonyl (C=O) groups is 2. The molecule has 7 heteroatoms. The number of aryl methyl sites for hydroxylation is 1. The standard InChI is InChI=1S/C18H21N3O4/c1-10-15-12(8-13(11-4-5-11)19-17(15)25-21-10)16(24)20-18(9-14(22)23)6-2-3-7-18/h8,11H,2-7,9H2,1H3,(H,20,24)(H,22,23). The number of hydrogen-bond acceptors (Lipinski definition) is 5. The number of carbonyl (C=O) groups excluding carboxylic acids is 1. The predicted octanol–water partition coefficient (Wildman–Crippen LogP) is 2.93. The van der Waals surface area contributed by atoms with Crippen LogP contribution in [-0.4, -0.2) is 32.7 Å². The summed E-state index contributed by atoms with van der Waals surface area (Å²) >= 11 is 0. The third-order valence-corrected chi connectivity index (χ3v) is 5.31. The van der Waals surface area contributed by atoms with Gasteiger partial charge in [0.05, 0.1) is 28.6 Å². The maximum atomic E-state index is 13.0. The number of pyridine rings is 1. The summed E-state index contributed by atoms with van der Waals surface area (Å²) in [6.45, 7) is 1.78. The Bertz CT molecular complexity index is 847. The second kappa shape index (κ2) is 5.82. The zero-order chi connectivity index (χ0) is 17.6. The fraction of sp³-hybridized carbons (Fsp3) is 0.556. The molecule has 25 heavy (non-hydrogen) atoms. The lowest BCUT2D eigenvalue weighted by Crippen LogP contribution is -2.47. The zero-order valence-corrected chi connectivity index (χ0v) is 14.2. The maximum Gasteiger partial charge on any atom is 0.305 e. The van der Waals surface area contributed by atoms with Crippen molar-refractivity contribution in [3.8, 4) is 0 Å². The van der Waals surface area contributed by atoms with E-state index in [1.807, 2.05) is 6.07 Å². The average molecular weight is 343 g/mol. The number of carboxylic acids is 1. The molecular formula is C18H21N3O4. The Labute approximate surface area is 144 Å². The van der Waals surface area contributed by atoms with Crippen LogP contribution in [0.5, 0.6) is 0 Å². The Hall–Kier alpha value is -2.44. The number of nitrogens with zero attached hydrogens (tertiary/aromatic N) is 2. The molecule has 0 radical (unpaired) electrons. The normalized spacial score (nSPS) is 19.2. The summed E-state index contributed by atoms with van der Waals surface area (Å²) in [6.07, 6.45) is 5.32. The van der Waals surface area contributed by atoms with Crippen molar-refractivity contribution < 1.29 is 19.2 Å². The van der Waals surface area contributed by atoms with Crippen LogP contribution in [0.2, 0.25) is 0 Å². The van der Waals surface area contributed by atoms with Gasteiger partial charge in [0.15, 0.2) is 0 Å². The molecule has 0 bridgehead atoms. The SMILES string of the molecule is Cc1noc2nc(C3CC3)cc(C(=O)NC3(CC(=O)O)CCCC3)c12. The average Bonchev–Trinajstić information content (AvgIpc) is 3.22. The number of carboxylic acid groups (broad SMARTS) is 1. The Morgan fingerprint density at radius 2 is 2.08 bits per heavy atom. The van der Waals surface area contributed by atoms with E-state index < -0.39 is 11.5 Å². The maximum absolute atomic E-state index is 13.0. The molecule has 2 N–H and O–H groups in total. The van der Waals surface area contributed by atoms with Gasteiger partial charge in [-0.2, -0.15) is 0 Å². The number of aromatic nitrogens is 2. The van der Waals surface area contributed by atoms with Gasteiger partial charge in [-0.15, -0.1) is 0 Å². The highest BCUT2D eigenvalue weighted by molar-refractivity contribution is 6.06. The van der Waals surface area contributed by atoms with Crippen molar-refractivity contribution in [2.45, 2.75) is 63.3 Å². The van der Waals surface area contributed by atoms with Crippen LogP contribution in [0.15, 0.2) is 10.6 Å². The smallest absolute Gasteiger partial charge is 0.305 e. The summed E-state index contributed by atoms with van der Waals surface area (Å²) < 4.78 is 5.28. The molecule has 2 heterocycles. The minimum absolute atomic E-state index is 0.0505. The van der Waals surface area contributed by atoms with Gasteiger partial charge in [-0.3, -0.25) is 9.59 Å². The zero-order valence-electron chi connectivity index (χ0n) is 14.2. The fourth-order valence-electron chi connectivity index (χ4n) is 3.88. The first-order chi connectivity index (χ1) is 12.0. The number of hydrogen-bond donors (Lipinski definition) is 2. The number of fused-ring (bicyclic) bond motifs is 1. The number of amides is 1. The van der Waals surface area contributed by atoms with Crippen molar-refractivity contribution in [2.75, 3.05) is 0 Å².